The van der Waals surface area contributed by atoms with E-state index in [1.165, 1.54) is 0 Å². The van der Waals surface area contributed by atoms with Crippen molar-refractivity contribution in [1.82, 2.24) is 5.32 Å². The molecule has 0 radical (unpaired) electrons. The molecule has 0 aromatic rings. The predicted molar refractivity (Wildman–Crippen MR) is 40.0 cm³/mol. The standard InChI is InChI=1S/C6H12ClNO2/c1-5(2-3-9)8-6(10)4-7/h5,9H,2-4H2,1H3,(H,8,10)/t5-/m0/s1. The van der Waals surface area contributed by atoms with Crippen LogP contribution in [-0.2, 0) is 4.79 Å². The lowest BCUT2D eigenvalue weighted by Crippen LogP contribution is -2.33. The third kappa shape index (κ3) is 4.58. The van der Waals surface area contributed by atoms with Crippen LogP contribution in [0.3, 0.4) is 0 Å². The van der Waals surface area contributed by atoms with E-state index >= 15 is 0 Å². The first-order chi connectivity index (χ1) is 4.70. The maximum absolute atomic E-state index is 10.6. The SMILES string of the molecule is C[C@@H](CCO)NC(=O)CCl. The first kappa shape index (κ1) is 9.72. The second-order valence-electron chi connectivity index (χ2n) is 2.11. The normalized spacial score (nSPS) is 12.7. The summed E-state index contributed by atoms with van der Waals surface area (Å²) in [5, 5.41) is 11.0. The zero-order chi connectivity index (χ0) is 7.98. The molecule has 1 atom stereocenters. The van der Waals surface area contributed by atoms with Gasteiger partial charge in [-0.05, 0) is 13.3 Å². The van der Waals surface area contributed by atoms with Gasteiger partial charge in [-0.15, -0.1) is 11.6 Å². The largest absolute Gasteiger partial charge is 0.396 e. The molecular formula is C6H12ClNO2. The number of hydrogen-bond donors (Lipinski definition) is 2. The number of alkyl halides is 1. The molecule has 0 rings (SSSR count). The molecule has 0 saturated carbocycles. The lowest BCUT2D eigenvalue weighted by molar-refractivity contribution is -0.119. The van der Waals surface area contributed by atoms with Crippen molar-refractivity contribution >= 4 is 17.5 Å². The molecule has 0 aliphatic rings. The molecule has 4 heteroatoms. The molecule has 60 valence electrons. The quantitative estimate of drug-likeness (QED) is 0.581. The molecule has 0 aliphatic heterocycles. The van der Waals surface area contributed by atoms with E-state index in [0.29, 0.717) is 6.42 Å². The van der Waals surface area contributed by atoms with Gasteiger partial charge in [-0.1, -0.05) is 0 Å². The highest BCUT2D eigenvalue weighted by Gasteiger charge is 2.03. The van der Waals surface area contributed by atoms with E-state index in [9.17, 15) is 4.79 Å². The van der Waals surface area contributed by atoms with Gasteiger partial charge in [-0.25, -0.2) is 0 Å². The zero-order valence-corrected chi connectivity index (χ0v) is 6.69. The monoisotopic (exact) mass is 165 g/mol. The fourth-order valence-corrected chi connectivity index (χ4v) is 0.656. The number of aliphatic hydroxyl groups is 1. The summed E-state index contributed by atoms with van der Waals surface area (Å²) >= 11 is 5.22. The summed E-state index contributed by atoms with van der Waals surface area (Å²) in [7, 11) is 0. The van der Waals surface area contributed by atoms with Crippen molar-refractivity contribution in [2.75, 3.05) is 12.5 Å². The molecule has 1 amide bonds. The fraction of sp³-hybridized carbons (Fsp3) is 0.833. The highest BCUT2D eigenvalue weighted by Crippen LogP contribution is 1.88. The third-order valence-electron chi connectivity index (χ3n) is 1.09. The second kappa shape index (κ2) is 5.50. The first-order valence-electron chi connectivity index (χ1n) is 3.17. The Morgan fingerprint density at radius 2 is 2.40 bits per heavy atom. The van der Waals surface area contributed by atoms with Gasteiger partial charge in [0.25, 0.3) is 0 Å². The van der Waals surface area contributed by atoms with Crippen molar-refractivity contribution in [2.45, 2.75) is 19.4 Å². The molecule has 10 heavy (non-hydrogen) atoms. The van der Waals surface area contributed by atoms with Gasteiger partial charge in [0, 0.05) is 12.6 Å². The van der Waals surface area contributed by atoms with E-state index in [1.54, 1.807) is 0 Å². The van der Waals surface area contributed by atoms with Crippen molar-refractivity contribution in [2.24, 2.45) is 0 Å². The minimum absolute atomic E-state index is 0.0104. The zero-order valence-electron chi connectivity index (χ0n) is 5.93. The molecular weight excluding hydrogens is 154 g/mol. The van der Waals surface area contributed by atoms with E-state index in [4.69, 9.17) is 16.7 Å². The van der Waals surface area contributed by atoms with Crippen LogP contribution in [0.1, 0.15) is 13.3 Å². The molecule has 0 aromatic carbocycles. The molecule has 0 aromatic heterocycles. The Morgan fingerprint density at radius 3 is 2.80 bits per heavy atom. The van der Waals surface area contributed by atoms with Crippen LogP contribution in [0.15, 0.2) is 0 Å². The Labute approximate surface area is 65.4 Å². The summed E-state index contributed by atoms with van der Waals surface area (Å²) in [5.74, 6) is -0.210. The molecule has 0 saturated heterocycles. The molecule has 0 heterocycles. The maximum atomic E-state index is 10.6. The fourth-order valence-electron chi connectivity index (χ4n) is 0.579. The van der Waals surface area contributed by atoms with Crippen LogP contribution >= 0.6 is 11.6 Å². The van der Waals surface area contributed by atoms with Crippen molar-refractivity contribution in [1.29, 1.82) is 0 Å². The van der Waals surface area contributed by atoms with Gasteiger partial charge in [-0.3, -0.25) is 4.79 Å². The van der Waals surface area contributed by atoms with Crippen LogP contribution in [-0.4, -0.2) is 29.5 Å². The summed E-state index contributed by atoms with van der Waals surface area (Å²) in [6.07, 6.45) is 0.572. The third-order valence-corrected chi connectivity index (χ3v) is 1.33. The van der Waals surface area contributed by atoms with Gasteiger partial charge in [0.2, 0.25) is 5.91 Å². The number of carbonyl (C=O) groups is 1. The molecule has 0 fully saturated rings. The van der Waals surface area contributed by atoms with Gasteiger partial charge in [0.05, 0.1) is 0 Å². The van der Waals surface area contributed by atoms with Crippen LogP contribution in [0.2, 0.25) is 0 Å². The van der Waals surface area contributed by atoms with Gasteiger partial charge in [0.1, 0.15) is 5.88 Å². The molecule has 0 unspecified atom stereocenters. The number of amides is 1. The minimum atomic E-state index is -0.192. The molecule has 2 N–H and O–H groups in total. The van der Waals surface area contributed by atoms with Crippen molar-refractivity contribution in [3.63, 3.8) is 0 Å². The Balaban J connectivity index is 3.37. The van der Waals surface area contributed by atoms with Crippen LogP contribution in [0.5, 0.6) is 0 Å². The first-order valence-corrected chi connectivity index (χ1v) is 3.70. The molecule has 0 aliphatic carbocycles. The Kier molecular flexibility index (Phi) is 5.35. The number of carbonyl (C=O) groups excluding carboxylic acids is 1. The van der Waals surface area contributed by atoms with Crippen molar-refractivity contribution < 1.29 is 9.90 Å². The number of rotatable bonds is 4. The summed E-state index contributed by atoms with van der Waals surface area (Å²) in [6, 6.07) is 0.0104. The minimum Gasteiger partial charge on any atom is -0.396 e. The summed E-state index contributed by atoms with van der Waals surface area (Å²) in [6.45, 7) is 1.91. The molecule has 3 nitrogen and oxygen atoms in total. The summed E-state index contributed by atoms with van der Waals surface area (Å²) in [5.41, 5.74) is 0. The Hall–Kier alpha value is -0.280. The summed E-state index contributed by atoms with van der Waals surface area (Å²) < 4.78 is 0. The van der Waals surface area contributed by atoms with Crippen molar-refractivity contribution in [3.8, 4) is 0 Å². The van der Waals surface area contributed by atoms with Crippen LogP contribution in [0, 0.1) is 0 Å². The number of aliphatic hydroxyl groups excluding tert-OH is 1. The van der Waals surface area contributed by atoms with Gasteiger partial charge < -0.3 is 10.4 Å². The Morgan fingerprint density at radius 1 is 1.80 bits per heavy atom. The Bertz CT molecular complexity index is 108. The number of hydrogen-bond acceptors (Lipinski definition) is 2. The highest BCUT2D eigenvalue weighted by molar-refractivity contribution is 6.27. The van der Waals surface area contributed by atoms with E-state index in [0.717, 1.165) is 0 Å². The lowest BCUT2D eigenvalue weighted by atomic mass is 10.2. The van der Waals surface area contributed by atoms with Crippen LogP contribution in [0.25, 0.3) is 0 Å². The number of nitrogens with one attached hydrogen (secondary N) is 1. The molecule has 0 spiro atoms. The highest BCUT2D eigenvalue weighted by atomic mass is 35.5. The topological polar surface area (TPSA) is 49.3 Å². The van der Waals surface area contributed by atoms with E-state index < -0.39 is 0 Å². The number of halogens is 1. The molecule has 0 bridgehead atoms. The van der Waals surface area contributed by atoms with E-state index in [-0.39, 0.29) is 24.4 Å². The van der Waals surface area contributed by atoms with Crippen LogP contribution in [0.4, 0.5) is 0 Å². The summed E-state index contributed by atoms with van der Waals surface area (Å²) in [4.78, 5) is 10.6. The van der Waals surface area contributed by atoms with Crippen molar-refractivity contribution in [3.05, 3.63) is 0 Å². The lowest BCUT2D eigenvalue weighted by Gasteiger charge is -2.09. The average Bonchev–Trinajstić information content (AvgIpc) is 1.88. The maximum Gasteiger partial charge on any atom is 0.235 e. The smallest absolute Gasteiger partial charge is 0.235 e. The van der Waals surface area contributed by atoms with Gasteiger partial charge in [-0.2, -0.15) is 0 Å². The second-order valence-corrected chi connectivity index (χ2v) is 2.38. The van der Waals surface area contributed by atoms with Crippen LogP contribution < -0.4 is 5.32 Å². The van der Waals surface area contributed by atoms with E-state index in [2.05, 4.69) is 5.32 Å². The predicted octanol–water partition coefficient (Wildman–Crippen LogP) is 0.112. The van der Waals surface area contributed by atoms with Gasteiger partial charge in [0.15, 0.2) is 0 Å². The van der Waals surface area contributed by atoms with E-state index in [1.807, 2.05) is 6.92 Å². The average molecular weight is 166 g/mol. The van der Waals surface area contributed by atoms with Gasteiger partial charge >= 0.3 is 0 Å².